The molecule has 4 heterocycles. The first-order valence-electron chi connectivity index (χ1n) is 17.9. The molecular formula is C40H45N9O4. The average Bonchev–Trinajstić information content (AvgIpc) is 3.83. The number of ether oxygens (including phenoxy) is 2. The molecule has 1 unspecified atom stereocenters. The third-order valence-corrected chi connectivity index (χ3v) is 9.60. The first kappa shape index (κ1) is 35.5. The van der Waals surface area contributed by atoms with Crippen molar-refractivity contribution in [2.75, 3.05) is 63.4 Å². The first-order valence-corrected chi connectivity index (χ1v) is 17.9. The van der Waals surface area contributed by atoms with Crippen LogP contribution >= 0.6 is 0 Å². The van der Waals surface area contributed by atoms with Crippen LogP contribution in [0.5, 0.6) is 17.2 Å². The highest BCUT2D eigenvalue weighted by Crippen LogP contribution is 2.35. The number of nitrogens with zero attached hydrogens (tertiary/aromatic N) is 7. The van der Waals surface area contributed by atoms with E-state index >= 15 is 0 Å². The van der Waals surface area contributed by atoms with Crippen molar-refractivity contribution in [3.63, 3.8) is 0 Å². The van der Waals surface area contributed by atoms with Gasteiger partial charge in [-0.15, -0.1) is 0 Å². The average molecular weight is 716 g/mol. The Hall–Kier alpha value is -5.95. The van der Waals surface area contributed by atoms with Gasteiger partial charge in [0.1, 0.15) is 28.5 Å². The summed E-state index contributed by atoms with van der Waals surface area (Å²) in [4.78, 5) is 41.2. The van der Waals surface area contributed by atoms with E-state index in [1.54, 1.807) is 49.8 Å². The van der Waals surface area contributed by atoms with E-state index in [9.17, 15) is 9.59 Å². The van der Waals surface area contributed by atoms with E-state index in [2.05, 4.69) is 27.6 Å². The van der Waals surface area contributed by atoms with Crippen molar-refractivity contribution in [1.82, 2.24) is 29.5 Å². The van der Waals surface area contributed by atoms with Gasteiger partial charge in [0.15, 0.2) is 11.5 Å². The van der Waals surface area contributed by atoms with Gasteiger partial charge in [0, 0.05) is 87.7 Å². The minimum atomic E-state index is -0.275. The van der Waals surface area contributed by atoms with E-state index in [1.165, 1.54) is 12.8 Å². The van der Waals surface area contributed by atoms with Gasteiger partial charge in [-0.2, -0.15) is 5.10 Å². The normalized spacial score (nSPS) is 15.6. The first-order chi connectivity index (χ1) is 25.7. The van der Waals surface area contributed by atoms with Crippen molar-refractivity contribution in [2.24, 2.45) is 0 Å². The zero-order chi connectivity index (χ0) is 36.9. The van der Waals surface area contributed by atoms with Crippen LogP contribution in [-0.4, -0.2) is 101 Å². The number of amides is 2. The molecule has 13 nitrogen and oxygen atoms in total. The van der Waals surface area contributed by atoms with E-state index in [1.807, 2.05) is 77.1 Å². The third kappa shape index (κ3) is 8.58. The number of likely N-dealkylation sites (tertiary alicyclic amines) is 1. The Morgan fingerprint density at radius 2 is 1.70 bits per heavy atom. The Morgan fingerprint density at radius 3 is 2.43 bits per heavy atom. The molecule has 274 valence electrons. The van der Waals surface area contributed by atoms with Crippen LogP contribution in [0, 0.1) is 0 Å². The number of pyridine rings is 2. The molecule has 2 aromatic carbocycles. The van der Waals surface area contributed by atoms with E-state index < -0.39 is 0 Å². The molecule has 0 radical (unpaired) electrons. The van der Waals surface area contributed by atoms with Gasteiger partial charge in [0.05, 0.1) is 13.7 Å². The molecule has 1 aliphatic carbocycles. The Labute approximate surface area is 309 Å². The van der Waals surface area contributed by atoms with Crippen LogP contribution in [0.4, 0.5) is 17.3 Å². The maximum Gasteiger partial charge on any atom is 0.256 e. The Kier molecular flexibility index (Phi) is 10.5. The van der Waals surface area contributed by atoms with Gasteiger partial charge in [-0.3, -0.25) is 14.5 Å². The highest BCUT2D eigenvalue weighted by molar-refractivity contribution is 6.04. The summed E-state index contributed by atoms with van der Waals surface area (Å²) in [6.45, 7) is 2.47. The van der Waals surface area contributed by atoms with Crippen LogP contribution < -0.4 is 25.0 Å². The molecule has 5 aromatic rings. The van der Waals surface area contributed by atoms with Gasteiger partial charge in [0.25, 0.3) is 5.91 Å². The van der Waals surface area contributed by atoms with Gasteiger partial charge in [-0.25, -0.2) is 14.6 Å². The number of hydrogen-bond donors (Lipinski definition) is 2. The fourth-order valence-electron chi connectivity index (χ4n) is 6.39. The second-order valence-electron chi connectivity index (χ2n) is 13.7. The summed E-state index contributed by atoms with van der Waals surface area (Å²) < 4.78 is 13.7. The number of rotatable bonds is 14. The van der Waals surface area contributed by atoms with E-state index in [0.717, 1.165) is 35.4 Å². The minimum absolute atomic E-state index is 0.00668. The summed E-state index contributed by atoms with van der Waals surface area (Å²) in [6, 6.07) is 21.0. The molecule has 2 fully saturated rings. The molecule has 1 atom stereocenters. The third-order valence-electron chi connectivity index (χ3n) is 9.60. The van der Waals surface area contributed by atoms with Crippen LogP contribution in [0.15, 0.2) is 91.3 Å². The summed E-state index contributed by atoms with van der Waals surface area (Å²) in [6.07, 6.45) is 10.3. The molecule has 3 aromatic heterocycles. The summed E-state index contributed by atoms with van der Waals surface area (Å²) in [7, 11) is 7.61. The zero-order valence-electron chi connectivity index (χ0n) is 30.5. The summed E-state index contributed by atoms with van der Waals surface area (Å²) in [5.41, 5.74) is 3.08. The largest absolute Gasteiger partial charge is 0.497 e. The van der Waals surface area contributed by atoms with Gasteiger partial charge in [-0.1, -0.05) is 18.2 Å². The molecule has 1 aliphatic heterocycles. The van der Waals surface area contributed by atoms with Crippen LogP contribution in [0.3, 0.4) is 0 Å². The number of aromatic nitrogens is 4. The highest BCUT2D eigenvalue weighted by Gasteiger charge is 2.28. The fourth-order valence-corrected chi connectivity index (χ4v) is 6.39. The van der Waals surface area contributed by atoms with E-state index in [0.29, 0.717) is 60.0 Å². The van der Waals surface area contributed by atoms with Gasteiger partial charge in [0.2, 0.25) is 5.91 Å². The molecule has 13 heteroatoms. The molecule has 2 aliphatic rings. The van der Waals surface area contributed by atoms with Crippen molar-refractivity contribution in [3.05, 3.63) is 102 Å². The van der Waals surface area contributed by atoms with Gasteiger partial charge in [-0.05, 0) is 74.3 Å². The predicted octanol–water partition coefficient (Wildman–Crippen LogP) is 5.66. The SMILES string of the molecule is COc1ccc(Cn2nc(NC3CCN(C(=O)C=CCN(C)C4CC4)C3)c3c(Oc4ccc(C(=O)Nc5cc(N(C)C)ccn5)cc4)ccnc32)cc1. The lowest BCUT2D eigenvalue weighted by Crippen LogP contribution is -2.30. The number of carbonyl (C=O) groups is 2. The number of nitrogens with one attached hydrogen (secondary N) is 2. The summed E-state index contributed by atoms with van der Waals surface area (Å²) >= 11 is 0. The number of fused-ring (bicyclic) bond motifs is 1. The minimum Gasteiger partial charge on any atom is -0.497 e. The summed E-state index contributed by atoms with van der Waals surface area (Å²) in [5, 5.41) is 12.2. The van der Waals surface area contributed by atoms with Crippen molar-refractivity contribution in [2.45, 2.75) is 37.9 Å². The van der Waals surface area contributed by atoms with Crippen molar-refractivity contribution in [1.29, 1.82) is 0 Å². The van der Waals surface area contributed by atoms with E-state index in [4.69, 9.17) is 19.6 Å². The molecular weight excluding hydrogens is 670 g/mol. The molecule has 7 rings (SSSR count). The van der Waals surface area contributed by atoms with Crippen molar-refractivity contribution < 1.29 is 19.1 Å². The molecule has 0 spiro atoms. The molecule has 1 saturated carbocycles. The molecule has 0 bridgehead atoms. The smallest absolute Gasteiger partial charge is 0.256 e. The monoisotopic (exact) mass is 715 g/mol. The lowest BCUT2D eigenvalue weighted by Gasteiger charge is -2.16. The lowest BCUT2D eigenvalue weighted by molar-refractivity contribution is -0.125. The summed E-state index contributed by atoms with van der Waals surface area (Å²) in [5.74, 6) is 2.73. The second-order valence-corrected chi connectivity index (χ2v) is 13.7. The topological polar surface area (TPSA) is 130 Å². The quantitative estimate of drug-likeness (QED) is 0.139. The Bertz CT molecular complexity index is 2090. The van der Waals surface area contributed by atoms with Gasteiger partial charge < -0.3 is 29.9 Å². The van der Waals surface area contributed by atoms with Crippen molar-refractivity contribution >= 4 is 40.2 Å². The maximum absolute atomic E-state index is 13.0. The van der Waals surface area contributed by atoms with E-state index in [-0.39, 0.29) is 17.9 Å². The van der Waals surface area contributed by atoms with Crippen molar-refractivity contribution in [3.8, 4) is 17.2 Å². The molecule has 53 heavy (non-hydrogen) atoms. The molecule has 1 saturated heterocycles. The van der Waals surface area contributed by atoms with Crippen LogP contribution in [-0.2, 0) is 11.3 Å². The van der Waals surface area contributed by atoms with Gasteiger partial charge >= 0.3 is 0 Å². The number of anilines is 3. The number of hydrogen-bond acceptors (Lipinski definition) is 10. The zero-order valence-corrected chi connectivity index (χ0v) is 30.5. The highest BCUT2D eigenvalue weighted by atomic mass is 16.5. The Balaban J connectivity index is 1.09. The molecule has 2 amide bonds. The second kappa shape index (κ2) is 15.7. The standard InChI is InChI=1S/C40H45N9O4/c1-46(2)31-17-20-41-35(24-31)44-40(51)28-9-15-33(16-10-28)53-34-18-21-42-39-37(34)38(45-49(39)25-27-7-13-32(52-4)14-8-27)43-29-19-23-48(26-29)36(50)6-5-22-47(3)30-11-12-30/h5-10,13-18,20-21,24,29-30H,11-12,19,22-23,25-26H2,1-4H3,(H,43,45)(H,41,44,51). The van der Waals surface area contributed by atoms with Crippen LogP contribution in [0.2, 0.25) is 0 Å². The number of methoxy groups -OCH3 is 1. The number of carbonyl (C=O) groups excluding carboxylic acids is 2. The lowest BCUT2D eigenvalue weighted by atomic mass is 10.2. The molecule has 2 N–H and O–H groups in total. The fraction of sp³-hybridized carbons (Fsp3) is 0.325. The number of benzene rings is 2. The Morgan fingerprint density at radius 1 is 0.943 bits per heavy atom. The predicted molar refractivity (Wildman–Crippen MR) is 206 cm³/mol. The van der Waals surface area contributed by atoms with Crippen LogP contribution in [0.1, 0.15) is 35.2 Å². The maximum atomic E-state index is 13.0. The number of likely N-dealkylation sites (N-methyl/N-ethyl adjacent to an activating group) is 1. The van der Waals surface area contributed by atoms with Crippen LogP contribution in [0.25, 0.3) is 11.0 Å².